The van der Waals surface area contributed by atoms with Crippen LogP contribution < -0.4 is 4.72 Å². The summed E-state index contributed by atoms with van der Waals surface area (Å²) in [5.74, 6) is -0.596. The summed E-state index contributed by atoms with van der Waals surface area (Å²) >= 11 is 0. The molecule has 0 amide bonds. The van der Waals surface area contributed by atoms with E-state index in [9.17, 15) is 12.8 Å². The summed E-state index contributed by atoms with van der Waals surface area (Å²) in [5, 5.41) is 0. The standard InChI is InChI=1S/C19H17FN2O2S/c1-13-8-9-21-12-19(13)18-7-6-16(10-14(18)2)22-25(23,24)17-5-3-4-15(20)11-17/h3-12,22H,1-2H3. The zero-order valence-electron chi connectivity index (χ0n) is 13.8. The van der Waals surface area contributed by atoms with Gasteiger partial charge in [-0.15, -0.1) is 0 Å². The summed E-state index contributed by atoms with van der Waals surface area (Å²) < 4.78 is 40.5. The highest BCUT2D eigenvalue weighted by Gasteiger charge is 2.15. The summed E-state index contributed by atoms with van der Waals surface area (Å²) in [7, 11) is -3.84. The van der Waals surface area contributed by atoms with Crippen molar-refractivity contribution < 1.29 is 12.8 Å². The maximum Gasteiger partial charge on any atom is 0.261 e. The Bertz CT molecular complexity index is 1030. The first-order valence-electron chi connectivity index (χ1n) is 7.67. The molecule has 0 atom stereocenters. The third kappa shape index (κ3) is 3.69. The van der Waals surface area contributed by atoms with Gasteiger partial charge in [-0.1, -0.05) is 12.1 Å². The van der Waals surface area contributed by atoms with E-state index >= 15 is 0 Å². The van der Waals surface area contributed by atoms with Crippen molar-refractivity contribution in [2.75, 3.05) is 4.72 Å². The van der Waals surface area contributed by atoms with Crippen molar-refractivity contribution in [2.24, 2.45) is 0 Å². The summed E-state index contributed by atoms with van der Waals surface area (Å²) in [6.07, 6.45) is 3.52. The third-order valence-electron chi connectivity index (χ3n) is 3.91. The molecule has 0 aliphatic heterocycles. The molecular weight excluding hydrogens is 339 g/mol. The van der Waals surface area contributed by atoms with E-state index in [1.807, 2.05) is 26.0 Å². The molecule has 0 saturated carbocycles. The topological polar surface area (TPSA) is 59.1 Å². The van der Waals surface area contributed by atoms with Gasteiger partial charge in [-0.3, -0.25) is 9.71 Å². The lowest BCUT2D eigenvalue weighted by Crippen LogP contribution is -2.13. The molecule has 0 aliphatic rings. The van der Waals surface area contributed by atoms with Gasteiger partial charge in [0.2, 0.25) is 0 Å². The van der Waals surface area contributed by atoms with Crippen LogP contribution in [0.5, 0.6) is 0 Å². The van der Waals surface area contributed by atoms with Gasteiger partial charge < -0.3 is 0 Å². The third-order valence-corrected chi connectivity index (χ3v) is 5.29. The number of aryl methyl sites for hydroxylation is 2. The maximum absolute atomic E-state index is 13.3. The van der Waals surface area contributed by atoms with Gasteiger partial charge in [0.1, 0.15) is 5.82 Å². The summed E-state index contributed by atoms with van der Waals surface area (Å²) in [5.41, 5.74) is 4.41. The highest BCUT2D eigenvalue weighted by molar-refractivity contribution is 7.92. The number of halogens is 1. The minimum absolute atomic E-state index is 0.114. The Morgan fingerprint density at radius 2 is 1.76 bits per heavy atom. The number of nitrogens with one attached hydrogen (secondary N) is 1. The van der Waals surface area contributed by atoms with Crippen LogP contribution in [-0.4, -0.2) is 13.4 Å². The van der Waals surface area contributed by atoms with E-state index in [1.54, 1.807) is 24.5 Å². The summed E-state index contributed by atoms with van der Waals surface area (Å²) in [6.45, 7) is 3.90. The number of hydrogen-bond acceptors (Lipinski definition) is 3. The van der Waals surface area contributed by atoms with Crippen LogP contribution in [0.3, 0.4) is 0 Å². The molecule has 0 fully saturated rings. The Morgan fingerprint density at radius 1 is 0.960 bits per heavy atom. The quantitative estimate of drug-likeness (QED) is 0.758. The number of benzene rings is 2. The van der Waals surface area contributed by atoms with E-state index in [0.717, 1.165) is 28.3 Å². The van der Waals surface area contributed by atoms with Gasteiger partial charge in [0, 0.05) is 23.6 Å². The monoisotopic (exact) mass is 356 g/mol. The van der Waals surface area contributed by atoms with Crippen molar-refractivity contribution in [3.63, 3.8) is 0 Å². The Kier molecular flexibility index (Phi) is 4.55. The molecule has 1 heterocycles. The molecule has 0 bridgehead atoms. The lowest BCUT2D eigenvalue weighted by molar-refractivity contribution is 0.595. The number of pyridine rings is 1. The van der Waals surface area contributed by atoms with Gasteiger partial charge in [0.05, 0.1) is 4.90 Å². The second kappa shape index (κ2) is 6.64. The zero-order chi connectivity index (χ0) is 18.0. The molecule has 0 unspecified atom stereocenters. The second-order valence-corrected chi connectivity index (χ2v) is 7.47. The first-order chi connectivity index (χ1) is 11.9. The fourth-order valence-corrected chi connectivity index (χ4v) is 3.70. The smallest absolute Gasteiger partial charge is 0.261 e. The van der Waals surface area contributed by atoms with Crippen molar-refractivity contribution >= 4 is 15.7 Å². The Labute approximate surface area is 146 Å². The van der Waals surface area contributed by atoms with Crippen molar-refractivity contribution in [1.29, 1.82) is 0 Å². The van der Waals surface area contributed by atoms with Gasteiger partial charge in [0.25, 0.3) is 10.0 Å². The van der Waals surface area contributed by atoms with E-state index in [-0.39, 0.29) is 4.90 Å². The molecule has 0 aliphatic carbocycles. The van der Waals surface area contributed by atoms with Crippen molar-refractivity contribution in [2.45, 2.75) is 18.7 Å². The molecule has 1 N–H and O–H groups in total. The average Bonchev–Trinajstić information content (AvgIpc) is 2.56. The van der Waals surface area contributed by atoms with Crippen molar-refractivity contribution in [3.8, 4) is 11.1 Å². The van der Waals surface area contributed by atoms with E-state index in [0.29, 0.717) is 5.69 Å². The Hall–Kier alpha value is -2.73. The number of rotatable bonds is 4. The van der Waals surface area contributed by atoms with Crippen LogP contribution in [0.2, 0.25) is 0 Å². The summed E-state index contributed by atoms with van der Waals surface area (Å²) in [6, 6.07) is 12.1. The molecule has 128 valence electrons. The number of sulfonamides is 1. The highest BCUT2D eigenvalue weighted by Crippen LogP contribution is 2.28. The maximum atomic E-state index is 13.3. The fraction of sp³-hybridized carbons (Fsp3) is 0.105. The van der Waals surface area contributed by atoms with Crippen LogP contribution in [0.15, 0.2) is 65.8 Å². The Balaban J connectivity index is 1.93. The predicted molar refractivity (Wildman–Crippen MR) is 96.4 cm³/mol. The van der Waals surface area contributed by atoms with E-state index in [1.165, 1.54) is 18.2 Å². The minimum Gasteiger partial charge on any atom is -0.280 e. The van der Waals surface area contributed by atoms with Crippen molar-refractivity contribution in [3.05, 3.63) is 77.9 Å². The number of nitrogens with zero attached hydrogens (tertiary/aromatic N) is 1. The molecular formula is C19H17FN2O2S. The average molecular weight is 356 g/mol. The van der Waals surface area contributed by atoms with Crippen LogP contribution >= 0.6 is 0 Å². The molecule has 3 rings (SSSR count). The van der Waals surface area contributed by atoms with Crippen LogP contribution in [0.1, 0.15) is 11.1 Å². The SMILES string of the molecule is Cc1cc(NS(=O)(=O)c2cccc(F)c2)ccc1-c1cnccc1C. The molecule has 0 radical (unpaired) electrons. The van der Waals surface area contributed by atoms with Crippen LogP contribution in [0.4, 0.5) is 10.1 Å². The molecule has 4 nitrogen and oxygen atoms in total. The summed E-state index contributed by atoms with van der Waals surface area (Å²) in [4.78, 5) is 4.03. The van der Waals surface area contributed by atoms with Crippen LogP contribution in [-0.2, 0) is 10.0 Å². The van der Waals surface area contributed by atoms with Gasteiger partial charge in [-0.2, -0.15) is 0 Å². The molecule has 0 saturated heterocycles. The van der Waals surface area contributed by atoms with Crippen LogP contribution in [0, 0.1) is 19.7 Å². The van der Waals surface area contributed by atoms with Crippen molar-refractivity contribution in [1.82, 2.24) is 4.98 Å². The van der Waals surface area contributed by atoms with Gasteiger partial charge in [-0.05, 0) is 66.9 Å². The molecule has 0 spiro atoms. The first-order valence-corrected chi connectivity index (χ1v) is 9.15. The normalized spacial score (nSPS) is 11.3. The van der Waals surface area contributed by atoms with E-state index in [2.05, 4.69) is 9.71 Å². The molecule has 6 heteroatoms. The largest absolute Gasteiger partial charge is 0.280 e. The first kappa shape index (κ1) is 17.1. The minimum atomic E-state index is -3.84. The zero-order valence-corrected chi connectivity index (χ0v) is 14.6. The second-order valence-electron chi connectivity index (χ2n) is 5.78. The molecule has 2 aromatic carbocycles. The molecule has 25 heavy (non-hydrogen) atoms. The predicted octanol–water partition coefficient (Wildman–Crippen LogP) is 4.31. The van der Waals surface area contributed by atoms with Gasteiger partial charge in [0.15, 0.2) is 0 Å². The van der Waals surface area contributed by atoms with E-state index < -0.39 is 15.8 Å². The number of anilines is 1. The lowest BCUT2D eigenvalue weighted by Gasteiger charge is -2.12. The van der Waals surface area contributed by atoms with Gasteiger partial charge in [-0.25, -0.2) is 12.8 Å². The number of aromatic nitrogens is 1. The molecule has 1 aromatic heterocycles. The van der Waals surface area contributed by atoms with E-state index in [4.69, 9.17) is 0 Å². The lowest BCUT2D eigenvalue weighted by atomic mass is 9.98. The number of hydrogen-bond donors (Lipinski definition) is 1. The van der Waals surface area contributed by atoms with Crippen LogP contribution in [0.25, 0.3) is 11.1 Å². The molecule has 3 aromatic rings. The van der Waals surface area contributed by atoms with Gasteiger partial charge >= 0.3 is 0 Å². The fourth-order valence-electron chi connectivity index (χ4n) is 2.62. The highest BCUT2D eigenvalue weighted by atomic mass is 32.2. The Morgan fingerprint density at radius 3 is 2.44 bits per heavy atom.